The molecule has 2 N–H and O–H groups in total. The van der Waals surface area contributed by atoms with Gasteiger partial charge in [0.1, 0.15) is 12.7 Å². The molecule has 0 rings (SSSR count). The summed E-state index contributed by atoms with van der Waals surface area (Å²) >= 11 is 0. The first-order valence-electron chi connectivity index (χ1n) is 4.66. The maximum atomic E-state index is 10.4. The van der Waals surface area contributed by atoms with Crippen molar-refractivity contribution in [2.45, 2.75) is 13.0 Å². The van der Waals surface area contributed by atoms with Gasteiger partial charge in [-0.05, 0) is 21.0 Å². The molecule has 6 nitrogen and oxygen atoms in total. The third-order valence-electron chi connectivity index (χ3n) is 1.31. The van der Waals surface area contributed by atoms with Crippen LogP contribution in [0.2, 0.25) is 0 Å². The monoisotopic (exact) mass is 233 g/mol. The Bertz CT molecular complexity index is 225. The van der Waals surface area contributed by atoms with E-state index in [0.717, 1.165) is 12.6 Å². The summed E-state index contributed by atoms with van der Waals surface area (Å²) in [6.45, 7) is 5.64. The molecule has 1 unspecified atom stereocenters. The van der Waals surface area contributed by atoms with Gasteiger partial charge in [-0.25, -0.2) is 9.59 Å². The molecule has 0 saturated heterocycles. The molecule has 0 aliphatic rings. The Kier molecular flexibility index (Phi) is 10.8. The molecule has 1 atom stereocenters. The quantitative estimate of drug-likeness (QED) is 0.502. The molecule has 0 aromatic heterocycles. The highest BCUT2D eigenvalue weighted by molar-refractivity contribution is 5.81. The van der Waals surface area contributed by atoms with Gasteiger partial charge in [0.05, 0.1) is 0 Å². The van der Waals surface area contributed by atoms with Gasteiger partial charge >= 0.3 is 11.9 Å². The number of nitrogens with zero attached hydrogens (tertiary/aromatic N) is 1. The zero-order valence-electron chi connectivity index (χ0n) is 9.84. The van der Waals surface area contributed by atoms with E-state index in [9.17, 15) is 9.59 Å². The van der Waals surface area contributed by atoms with Crippen LogP contribution >= 0.6 is 0 Å². The normalized spacial score (nSPS) is 11.1. The number of rotatable bonds is 5. The van der Waals surface area contributed by atoms with E-state index in [0.29, 0.717) is 6.61 Å². The van der Waals surface area contributed by atoms with Gasteiger partial charge in [-0.1, -0.05) is 6.58 Å². The molecule has 0 aromatic rings. The highest BCUT2D eigenvalue weighted by Gasteiger charge is 2.01. The van der Waals surface area contributed by atoms with Crippen LogP contribution in [0.5, 0.6) is 0 Å². The maximum Gasteiger partial charge on any atom is 0.332 e. The van der Waals surface area contributed by atoms with Crippen LogP contribution in [0.25, 0.3) is 0 Å². The molecule has 0 radical (unpaired) electrons. The number of carbonyl (C=O) groups excluding carboxylic acids is 1. The highest BCUT2D eigenvalue weighted by Crippen LogP contribution is 1.80. The molecule has 0 fully saturated rings. The largest absolute Gasteiger partial charge is 0.479 e. The van der Waals surface area contributed by atoms with Crippen LogP contribution in [0, 0.1) is 0 Å². The van der Waals surface area contributed by atoms with E-state index in [2.05, 4.69) is 6.58 Å². The Morgan fingerprint density at radius 2 is 1.94 bits per heavy atom. The highest BCUT2D eigenvalue weighted by atomic mass is 16.5. The van der Waals surface area contributed by atoms with Crippen LogP contribution in [0.1, 0.15) is 6.92 Å². The van der Waals surface area contributed by atoms with Crippen LogP contribution in [0.15, 0.2) is 12.7 Å². The lowest BCUT2D eigenvalue weighted by atomic mass is 10.4. The number of ether oxygens (including phenoxy) is 1. The second-order valence-corrected chi connectivity index (χ2v) is 3.19. The zero-order valence-corrected chi connectivity index (χ0v) is 9.84. The first-order chi connectivity index (χ1) is 7.31. The van der Waals surface area contributed by atoms with Crippen molar-refractivity contribution >= 4 is 11.9 Å². The molecular formula is C10H19NO5. The fourth-order valence-corrected chi connectivity index (χ4v) is 0.388. The van der Waals surface area contributed by atoms with E-state index in [1.807, 2.05) is 19.0 Å². The van der Waals surface area contributed by atoms with Crippen molar-refractivity contribution in [2.24, 2.45) is 0 Å². The molecule has 0 bridgehead atoms. The second-order valence-electron chi connectivity index (χ2n) is 3.19. The summed E-state index contributed by atoms with van der Waals surface area (Å²) < 4.78 is 4.70. The summed E-state index contributed by atoms with van der Waals surface area (Å²) in [5.41, 5.74) is 0. The van der Waals surface area contributed by atoms with E-state index in [4.69, 9.17) is 14.9 Å². The fourth-order valence-electron chi connectivity index (χ4n) is 0.388. The molecule has 0 aliphatic heterocycles. The molecule has 94 valence electrons. The minimum absolute atomic E-state index is 0.359. The number of likely N-dealkylation sites (N-methyl/N-ethyl adjacent to an activating group) is 1. The number of carbonyl (C=O) groups is 2. The Labute approximate surface area is 95.1 Å². The molecule has 0 heterocycles. The van der Waals surface area contributed by atoms with E-state index >= 15 is 0 Å². The molecule has 0 saturated carbocycles. The SMILES string of the molecule is C=CC(=O)OCCN(C)C.CC(O)C(=O)O. The van der Waals surface area contributed by atoms with Gasteiger partial charge in [0, 0.05) is 12.6 Å². The fraction of sp³-hybridized carbons (Fsp3) is 0.600. The van der Waals surface area contributed by atoms with E-state index in [1.54, 1.807) is 0 Å². The summed E-state index contributed by atoms with van der Waals surface area (Å²) in [5, 5.41) is 15.8. The first-order valence-corrected chi connectivity index (χ1v) is 4.66. The summed E-state index contributed by atoms with van der Waals surface area (Å²) in [4.78, 5) is 21.8. The summed E-state index contributed by atoms with van der Waals surface area (Å²) in [7, 11) is 3.84. The van der Waals surface area contributed by atoms with Crippen LogP contribution in [0.4, 0.5) is 0 Å². The van der Waals surface area contributed by atoms with Crippen molar-refractivity contribution in [3.05, 3.63) is 12.7 Å². The van der Waals surface area contributed by atoms with Crippen molar-refractivity contribution in [2.75, 3.05) is 27.2 Å². The average Bonchev–Trinajstić information content (AvgIpc) is 2.17. The van der Waals surface area contributed by atoms with Crippen molar-refractivity contribution < 1.29 is 24.5 Å². The van der Waals surface area contributed by atoms with Gasteiger partial charge in [0.25, 0.3) is 0 Å². The molecule has 16 heavy (non-hydrogen) atoms. The van der Waals surface area contributed by atoms with Gasteiger partial charge in [-0.2, -0.15) is 0 Å². The summed E-state index contributed by atoms with van der Waals surface area (Å²) in [6.07, 6.45) is -0.0691. The van der Waals surface area contributed by atoms with E-state index in [1.165, 1.54) is 6.92 Å². The van der Waals surface area contributed by atoms with Gasteiger partial charge < -0.3 is 19.8 Å². The van der Waals surface area contributed by atoms with Crippen LogP contribution in [-0.2, 0) is 14.3 Å². The first kappa shape index (κ1) is 17.0. The van der Waals surface area contributed by atoms with Crippen LogP contribution in [0.3, 0.4) is 0 Å². The second kappa shape index (κ2) is 10.1. The number of carboxylic acid groups (broad SMARTS) is 1. The average molecular weight is 233 g/mol. The van der Waals surface area contributed by atoms with Crippen molar-refractivity contribution in [3.63, 3.8) is 0 Å². The van der Waals surface area contributed by atoms with Crippen molar-refractivity contribution in [1.82, 2.24) is 4.90 Å². The predicted octanol–water partition coefficient (Wildman–Crippen LogP) is -0.271. The lowest BCUT2D eigenvalue weighted by molar-refractivity contribution is -0.145. The van der Waals surface area contributed by atoms with Gasteiger partial charge in [0.2, 0.25) is 0 Å². The number of aliphatic hydroxyl groups excluding tert-OH is 1. The molecule has 0 aliphatic carbocycles. The molecule has 0 amide bonds. The Balaban J connectivity index is 0. The van der Waals surface area contributed by atoms with Gasteiger partial charge in [0.15, 0.2) is 0 Å². The Morgan fingerprint density at radius 1 is 1.50 bits per heavy atom. The third-order valence-corrected chi connectivity index (χ3v) is 1.31. The molecule has 0 aromatic carbocycles. The number of hydrogen-bond donors (Lipinski definition) is 2. The van der Waals surface area contributed by atoms with Gasteiger partial charge in [-0.3, -0.25) is 0 Å². The smallest absolute Gasteiger partial charge is 0.332 e. The molecule has 0 spiro atoms. The van der Waals surface area contributed by atoms with Crippen LogP contribution < -0.4 is 0 Å². The predicted molar refractivity (Wildman–Crippen MR) is 59.0 cm³/mol. The minimum Gasteiger partial charge on any atom is -0.479 e. The summed E-state index contributed by atoms with van der Waals surface area (Å²) in [6, 6.07) is 0. The van der Waals surface area contributed by atoms with Crippen molar-refractivity contribution in [3.8, 4) is 0 Å². The molecular weight excluding hydrogens is 214 g/mol. The standard InChI is InChI=1S/C7H13NO2.C3H6O3/c1-4-7(9)10-6-5-8(2)3;1-2(4)3(5)6/h4H,1,5-6H2,2-3H3;2,4H,1H3,(H,5,6). The Morgan fingerprint density at radius 3 is 2.19 bits per heavy atom. The zero-order chi connectivity index (χ0) is 13.1. The topological polar surface area (TPSA) is 87.1 Å². The third kappa shape index (κ3) is 15.1. The minimum atomic E-state index is -1.23. The van der Waals surface area contributed by atoms with Crippen molar-refractivity contribution in [1.29, 1.82) is 0 Å². The lowest BCUT2D eigenvalue weighted by Crippen LogP contribution is -2.19. The number of carboxylic acids is 1. The summed E-state index contributed by atoms with van der Waals surface area (Å²) in [5.74, 6) is -1.54. The van der Waals surface area contributed by atoms with E-state index < -0.39 is 12.1 Å². The van der Waals surface area contributed by atoms with Gasteiger partial charge in [-0.15, -0.1) is 0 Å². The number of aliphatic carboxylic acids is 1. The maximum absolute atomic E-state index is 10.4. The number of esters is 1. The Hall–Kier alpha value is -1.40. The number of aliphatic hydroxyl groups is 1. The van der Waals surface area contributed by atoms with Crippen LogP contribution in [-0.4, -0.2) is 60.4 Å². The lowest BCUT2D eigenvalue weighted by Gasteiger charge is -2.07. The van der Waals surface area contributed by atoms with E-state index in [-0.39, 0.29) is 5.97 Å². The number of hydrogen-bond acceptors (Lipinski definition) is 5. The molecule has 6 heteroatoms.